The van der Waals surface area contributed by atoms with Crippen LogP contribution in [0, 0.1) is 6.92 Å². The van der Waals surface area contributed by atoms with Crippen molar-refractivity contribution < 1.29 is 9.32 Å². The van der Waals surface area contributed by atoms with Gasteiger partial charge in [-0.05, 0) is 30.5 Å². The second-order valence-corrected chi connectivity index (χ2v) is 5.32. The van der Waals surface area contributed by atoms with Crippen LogP contribution in [0.5, 0.6) is 0 Å². The summed E-state index contributed by atoms with van der Waals surface area (Å²) in [5.74, 6) is 0.0765. The van der Waals surface area contributed by atoms with Crippen LogP contribution in [-0.4, -0.2) is 28.6 Å². The highest BCUT2D eigenvalue weighted by molar-refractivity contribution is 5.79. The third-order valence-electron chi connectivity index (χ3n) is 3.74. The third-order valence-corrected chi connectivity index (χ3v) is 3.74. The van der Waals surface area contributed by atoms with Crippen molar-refractivity contribution in [1.29, 1.82) is 0 Å². The molecular weight excluding hydrogens is 270 g/mol. The van der Waals surface area contributed by atoms with Gasteiger partial charge < -0.3 is 10.3 Å². The molecule has 0 spiro atoms. The van der Waals surface area contributed by atoms with E-state index in [-0.39, 0.29) is 12.5 Å². The second-order valence-electron chi connectivity index (χ2n) is 5.32. The number of benzene rings is 1. The van der Waals surface area contributed by atoms with Crippen molar-refractivity contribution >= 4 is 11.6 Å². The molecule has 0 saturated carbocycles. The minimum absolute atomic E-state index is 0.140. The molecule has 0 atom stereocenters. The van der Waals surface area contributed by atoms with Gasteiger partial charge in [0.05, 0.1) is 6.54 Å². The van der Waals surface area contributed by atoms with Crippen LogP contribution in [0.15, 0.2) is 33.6 Å². The Kier molecular flexibility index (Phi) is 3.39. The van der Waals surface area contributed by atoms with E-state index in [9.17, 15) is 9.59 Å². The molecule has 110 valence electrons. The lowest BCUT2D eigenvalue weighted by molar-refractivity contribution is 0.0705. The predicted octanol–water partition coefficient (Wildman–Crippen LogP) is 1.03. The molecule has 6 heteroatoms. The van der Waals surface area contributed by atoms with Crippen molar-refractivity contribution in [2.24, 2.45) is 0 Å². The molecule has 0 amide bonds. The van der Waals surface area contributed by atoms with Crippen LogP contribution in [0.25, 0.3) is 0 Å². The summed E-state index contributed by atoms with van der Waals surface area (Å²) in [5, 5.41) is 0. The summed E-state index contributed by atoms with van der Waals surface area (Å²) in [4.78, 5) is 25.7. The fourth-order valence-electron chi connectivity index (χ4n) is 2.67. The van der Waals surface area contributed by atoms with E-state index in [1.54, 1.807) is 6.92 Å². The monoisotopic (exact) mass is 287 g/mol. The van der Waals surface area contributed by atoms with E-state index in [1.807, 2.05) is 17.0 Å². The van der Waals surface area contributed by atoms with Gasteiger partial charge in [0.2, 0.25) is 0 Å². The lowest BCUT2D eigenvalue weighted by Crippen LogP contribution is -2.38. The minimum Gasteiger partial charge on any atom is -0.398 e. The van der Waals surface area contributed by atoms with Crippen LogP contribution in [0.2, 0.25) is 0 Å². The van der Waals surface area contributed by atoms with E-state index in [1.165, 1.54) is 11.6 Å². The Labute approximate surface area is 121 Å². The summed E-state index contributed by atoms with van der Waals surface area (Å²) in [7, 11) is 0. The number of anilines is 1. The topological polar surface area (TPSA) is 81.5 Å². The molecule has 1 aromatic heterocycles. The standard InChI is InChI=1S/C15H17N3O3/c1-10-7-14(19)18(21-10)15(20)9-17-6-5-11-3-2-4-13(16)12(11)8-17/h2-4,7H,5-6,8-9,16H2,1H3. The maximum Gasteiger partial charge on any atom is 0.290 e. The van der Waals surface area contributed by atoms with Crippen molar-refractivity contribution in [1.82, 2.24) is 9.64 Å². The Morgan fingerprint density at radius 3 is 2.95 bits per heavy atom. The SMILES string of the molecule is Cc1cc(=O)n(C(=O)CN2CCc3cccc(N)c3C2)o1. The average molecular weight is 287 g/mol. The molecule has 0 fully saturated rings. The lowest BCUT2D eigenvalue weighted by Gasteiger charge is -2.28. The van der Waals surface area contributed by atoms with E-state index >= 15 is 0 Å². The van der Waals surface area contributed by atoms with Crippen molar-refractivity contribution in [3.05, 3.63) is 51.5 Å². The normalized spacial score (nSPS) is 14.9. The number of carbonyl (C=O) groups excluding carboxylic acids is 1. The highest BCUT2D eigenvalue weighted by atomic mass is 16.5. The number of carbonyl (C=O) groups is 1. The van der Waals surface area contributed by atoms with Gasteiger partial charge in [-0.15, -0.1) is 4.74 Å². The molecule has 3 rings (SSSR count). The number of hydrogen-bond acceptors (Lipinski definition) is 5. The highest BCUT2D eigenvalue weighted by Gasteiger charge is 2.22. The van der Waals surface area contributed by atoms with E-state index in [2.05, 4.69) is 6.07 Å². The van der Waals surface area contributed by atoms with Gasteiger partial charge in [0, 0.05) is 24.8 Å². The van der Waals surface area contributed by atoms with Gasteiger partial charge in [0.1, 0.15) is 5.76 Å². The average Bonchev–Trinajstić information content (AvgIpc) is 2.79. The van der Waals surface area contributed by atoms with Crippen LogP contribution in [0.4, 0.5) is 5.69 Å². The zero-order valence-electron chi connectivity index (χ0n) is 11.8. The zero-order chi connectivity index (χ0) is 15.0. The smallest absolute Gasteiger partial charge is 0.290 e. The number of rotatable bonds is 2. The van der Waals surface area contributed by atoms with Gasteiger partial charge in [0.15, 0.2) is 0 Å². The van der Waals surface area contributed by atoms with Gasteiger partial charge in [-0.1, -0.05) is 12.1 Å². The molecule has 0 bridgehead atoms. The van der Waals surface area contributed by atoms with Gasteiger partial charge in [-0.25, -0.2) is 0 Å². The van der Waals surface area contributed by atoms with E-state index in [0.717, 1.165) is 29.0 Å². The van der Waals surface area contributed by atoms with Crippen LogP contribution in [-0.2, 0) is 13.0 Å². The molecular formula is C15H17N3O3. The first-order chi connectivity index (χ1) is 10.0. The number of nitrogens with two attached hydrogens (primary N) is 1. The molecule has 0 aliphatic carbocycles. The minimum atomic E-state index is -0.422. The van der Waals surface area contributed by atoms with Gasteiger partial charge >= 0.3 is 0 Å². The zero-order valence-corrected chi connectivity index (χ0v) is 11.8. The molecule has 2 N–H and O–H groups in total. The van der Waals surface area contributed by atoms with E-state index in [4.69, 9.17) is 10.3 Å². The summed E-state index contributed by atoms with van der Waals surface area (Å²) >= 11 is 0. The first kappa shape index (κ1) is 13.6. The summed E-state index contributed by atoms with van der Waals surface area (Å²) in [6.45, 7) is 3.16. The highest BCUT2D eigenvalue weighted by Crippen LogP contribution is 2.23. The number of fused-ring (bicyclic) bond motifs is 1. The molecule has 21 heavy (non-hydrogen) atoms. The number of nitrogen functional groups attached to an aromatic ring is 1. The third kappa shape index (κ3) is 2.62. The van der Waals surface area contributed by atoms with Crippen LogP contribution >= 0.6 is 0 Å². The van der Waals surface area contributed by atoms with Crippen molar-refractivity contribution in [3.8, 4) is 0 Å². The van der Waals surface area contributed by atoms with Crippen LogP contribution < -0.4 is 11.3 Å². The number of hydrogen-bond donors (Lipinski definition) is 1. The van der Waals surface area contributed by atoms with E-state index < -0.39 is 5.56 Å². The van der Waals surface area contributed by atoms with Crippen molar-refractivity contribution in [3.63, 3.8) is 0 Å². The molecule has 2 aromatic rings. The molecule has 1 aliphatic rings. The maximum atomic E-state index is 12.1. The molecule has 0 radical (unpaired) electrons. The molecule has 0 saturated heterocycles. The molecule has 1 aromatic carbocycles. The van der Waals surface area contributed by atoms with Gasteiger partial charge in [-0.2, -0.15) is 0 Å². The predicted molar refractivity (Wildman–Crippen MR) is 78.2 cm³/mol. The second kappa shape index (κ2) is 5.21. The molecule has 0 unspecified atom stereocenters. The molecule has 2 heterocycles. The number of aryl methyl sites for hydroxylation is 1. The maximum absolute atomic E-state index is 12.1. The Morgan fingerprint density at radius 1 is 1.43 bits per heavy atom. The Hall–Kier alpha value is -2.34. The Bertz CT molecular complexity index is 745. The Morgan fingerprint density at radius 2 is 2.24 bits per heavy atom. The van der Waals surface area contributed by atoms with Crippen molar-refractivity contribution in [2.45, 2.75) is 19.9 Å². The first-order valence-electron chi connectivity index (χ1n) is 6.86. The summed E-state index contributed by atoms with van der Waals surface area (Å²) in [5.41, 5.74) is 8.61. The van der Waals surface area contributed by atoms with Crippen LogP contribution in [0.3, 0.4) is 0 Å². The molecule has 1 aliphatic heterocycles. The van der Waals surface area contributed by atoms with Gasteiger partial charge in [0.25, 0.3) is 11.5 Å². The summed E-state index contributed by atoms with van der Waals surface area (Å²) in [6, 6.07) is 7.18. The number of nitrogens with zero attached hydrogens (tertiary/aromatic N) is 2. The fraction of sp³-hybridized carbons (Fsp3) is 0.333. The quantitative estimate of drug-likeness (QED) is 0.834. The largest absolute Gasteiger partial charge is 0.398 e. The molecule has 6 nitrogen and oxygen atoms in total. The summed E-state index contributed by atoms with van der Waals surface area (Å²) in [6.07, 6.45) is 0.847. The Balaban J connectivity index is 1.75. The van der Waals surface area contributed by atoms with Gasteiger partial charge in [-0.3, -0.25) is 14.5 Å². The summed E-state index contributed by atoms with van der Waals surface area (Å²) < 4.78 is 5.93. The first-order valence-corrected chi connectivity index (χ1v) is 6.86. The van der Waals surface area contributed by atoms with Crippen LogP contribution in [0.1, 0.15) is 21.7 Å². The lowest BCUT2D eigenvalue weighted by atomic mass is 9.98. The number of aromatic nitrogens is 1. The van der Waals surface area contributed by atoms with Crippen molar-refractivity contribution in [2.75, 3.05) is 18.8 Å². The van der Waals surface area contributed by atoms with E-state index in [0.29, 0.717) is 12.3 Å². The fourth-order valence-corrected chi connectivity index (χ4v) is 2.67.